The van der Waals surface area contributed by atoms with Gasteiger partial charge >= 0.3 is 5.97 Å². The van der Waals surface area contributed by atoms with E-state index in [1.807, 2.05) is 13.0 Å². The van der Waals surface area contributed by atoms with E-state index >= 15 is 0 Å². The number of hydrogen-bond donors (Lipinski definition) is 1. The Balaban J connectivity index is 1.93. The van der Waals surface area contributed by atoms with Crippen molar-refractivity contribution in [2.45, 2.75) is 57.9 Å². The molecule has 1 saturated carbocycles. The second kappa shape index (κ2) is 6.37. The predicted molar refractivity (Wildman–Crippen MR) is 72.6 cm³/mol. The fourth-order valence-electron chi connectivity index (χ4n) is 3.56. The van der Waals surface area contributed by atoms with Gasteiger partial charge in [-0.3, -0.25) is 4.90 Å². The first kappa shape index (κ1) is 13.6. The highest BCUT2D eigenvalue weighted by Gasteiger charge is 2.32. The van der Waals surface area contributed by atoms with E-state index in [0.717, 1.165) is 25.0 Å². The smallest absolute Gasteiger partial charge is 0.331 e. The number of aliphatic carboxylic acids is 1. The first-order chi connectivity index (χ1) is 8.72. The van der Waals surface area contributed by atoms with Crippen LogP contribution in [0, 0.1) is 5.92 Å². The molecule has 0 bridgehead atoms. The molecule has 0 radical (unpaired) electrons. The van der Waals surface area contributed by atoms with Gasteiger partial charge in [-0.25, -0.2) is 4.79 Å². The second-order valence-corrected chi connectivity index (χ2v) is 5.64. The molecule has 0 amide bonds. The van der Waals surface area contributed by atoms with Gasteiger partial charge < -0.3 is 5.11 Å². The molecule has 2 rings (SSSR count). The molecule has 2 aliphatic rings. The van der Waals surface area contributed by atoms with Crippen LogP contribution in [0.2, 0.25) is 0 Å². The minimum absolute atomic E-state index is 0.562. The number of hydrogen-bond acceptors (Lipinski definition) is 2. The van der Waals surface area contributed by atoms with E-state index in [9.17, 15) is 4.79 Å². The van der Waals surface area contributed by atoms with Crippen LogP contribution in [0.15, 0.2) is 11.6 Å². The summed E-state index contributed by atoms with van der Waals surface area (Å²) >= 11 is 0. The molecule has 1 atom stereocenters. The maximum absolute atomic E-state index is 11.0. The van der Waals surface area contributed by atoms with Crippen molar-refractivity contribution >= 4 is 5.97 Å². The summed E-state index contributed by atoms with van der Waals surface area (Å²) < 4.78 is 0. The largest absolute Gasteiger partial charge is 0.478 e. The zero-order chi connectivity index (χ0) is 13.0. The first-order valence-electron chi connectivity index (χ1n) is 7.38. The Morgan fingerprint density at radius 3 is 2.61 bits per heavy atom. The van der Waals surface area contributed by atoms with Gasteiger partial charge in [0, 0.05) is 18.2 Å². The lowest BCUT2D eigenvalue weighted by molar-refractivity contribution is -0.132. The summed E-state index contributed by atoms with van der Waals surface area (Å²) in [4.78, 5) is 13.5. The topological polar surface area (TPSA) is 40.5 Å². The highest BCUT2D eigenvalue weighted by atomic mass is 16.4. The average Bonchev–Trinajstić information content (AvgIpc) is 2.99. The Labute approximate surface area is 110 Å². The number of nitrogens with zero attached hydrogens (tertiary/aromatic N) is 1. The van der Waals surface area contributed by atoms with Crippen LogP contribution in [0.5, 0.6) is 0 Å². The second-order valence-electron chi connectivity index (χ2n) is 5.64. The highest BCUT2D eigenvalue weighted by molar-refractivity contribution is 5.86. The molecule has 1 unspecified atom stereocenters. The maximum Gasteiger partial charge on any atom is 0.331 e. The van der Waals surface area contributed by atoms with Crippen molar-refractivity contribution in [2.75, 3.05) is 13.1 Å². The summed E-state index contributed by atoms with van der Waals surface area (Å²) in [5, 5.41) is 9.04. The minimum atomic E-state index is -0.755. The van der Waals surface area contributed by atoms with Gasteiger partial charge in [-0.15, -0.1) is 0 Å². The molecule has 0 aromatic rings. The Kier molecular flexibility index (Phi) is 4.81. The normalized spacial score (nSPS) is 26.9. The number of carboxylic acids is 1. The summed E-state index contributed by atoms with van der Waals surface area (Å²) in [5.41, 5.74) is 0.562. The number of likely N-dealkylation sites (tertiary alicyclic amines) is 1. The van der Waals surface area contributed by atoms with Gasteiger partial charge in [0.15, 0.2) is 0 Å². The fraction of sp³-hybridized carbons (Fsp3) is 0.800. The SMILES string of the molecule is CCC(=CCN1CCCC1C1CCCC1)C(=O)O. The lowest BCUT2D eigenvalue weighted by Crippen LogP contribution is -2.35. The van der Waals surface area contributed by atoms with Gasteiger partial charge in [0.25, 0.3) is 0 Å². The first-order valence-corrected chi connectivity index (χ1v) is 7.38. The molecular weight excluding hydrogens is 226 g/mol. The molecule has 0 aromatic carbocycles. The van der Waals surface area contributed by atoms with Gasteiger partial charge in [0.05, 0.1) is 0 Å². The van der Waals surface area contributed by atoms with E-state index < -0.39 is 5.97 Å². The van der Waals surface area contributed by atoms with Gasteiger partial charge in [-0.05, 0) is 44.6 Å². The molecule has 3 heteroatoms. The Bertz CT molecular complexity index is 318. The van der Waals surface area contributed by atoms with Crippen LogP contribution >= 0.6 is 0 Å². The van der Waals surface area contributed by atoms with E-state index in [1.165, 1.54) is 38.5 Å². The van der Waals surface area contributed by atoms with Crippen molar-refractivity contribution in [3.63, 3.8) is 0 Å². The summed E-state index contributed by atoms with van der Waals surface area (Å²) in [5.74, 6) is 0.116. The summed E-state index contributed by atoms with van der Waals surface area (Å²) in [6.45, 7) is 3.89. The van der Waals surface area contributed by atoms with Crippen LogP contribution < -0.4 is 0 Å². The molecule has 18 heavy (non-hydrogen) atoms. The van der Waals surface area contributed by atoms with Crippen LogP contribution in [0.3, 0.4) is 0 Å². The van der Waals surface area contributed by atoms with Crippen molar-refractivity contribution in [2.24, 2.45) is 5.92 Å². The van der Waals surface area contributed by atoms with Crippen molar-refractivity contribution < 1.29 is 9.90 Å². The summed E-state index contributed by atoms with van der Waals surface area (Å²) in [6, 6.07) is 0.718. The third-order valence-electron chi connectivity index (χ3n) is 4.59. The lowest BCUT2D eigenvalue weighted by atomic mass is 9.96. The molecule has 1 N–H and O–H groups in total. The van der Waals surface area contributed by atoms with E-state index in [0.29, 0.717) is 12.0 Å². The molecule has 1 aliphatic carbocycles. The molecule has 2 fully saturated rings. The monoisotopic (exact) mass is 251 g/mol. The average molecular weight is 251 g/mol. The van der Waals surface area contributed by atoms with Crippen LogP contribution in [0.25, 0.3) is 0 Å². The highest BCUT2D eigenvalue weighted by Crippen LogP contribution is 2.35. The molecule has 1 aliphatic heterocycles. The Morgan fingerprint density at radius 2 is 2.00 bits per heavy atom. The minimum Gasteiger partial charge on any atom is -0.478 e. The van der Waals surface area contributed by atoms with Crippen molar-refractivity contribution in [3.05, 3.63) is 11.6 Å². The number of carbonyl (C=O) groups is 1. The summed E-state index contributed by atoms with van der Waals surface area (Å²) in [6.07, 6.45) is 10.7. The molecule has 102 valence electrons. The molecule has 1 saturated heterocycles. The van der Waals surface area contributed by atoms with Crippen LogP contribution in [-0.4, -0.2) is 35.1 Å². The van der Waals surface area contributed by atoms with Gasteiger partial charge in [0.2, 0.25) is 0 Å². The molecule has 3 nitrogen and oxygen atoms in total. The van der Waals surface area contributed by atoms with Crippen LogP contribution in [0.1, 0.15) is 51.9 Å². The van der Waals surface area contributed by atoms with Crippen molar-refractivity contribution in [1.29, 1.82) is 0 Å². The predicted octanol–water partition coefficient (Wildman–Crippen LogP) is 3.06. The van der Waals surface area contributed by atoms with E-state index in [4.69, 9.17) is 5.11 Å². The van der Waals surface area contributed by atoms with Gasteiger partial charge in [-0.2, -0.15) is 0 Å². The Hall–Kier alpha value is -0.830. The number of carboxylic acid groups (broad SMARTS) is 1. The van der Waals surface area contributed by atoms with Gasteiger partial charge in [-0.1, -0.05) is 25.8 Å². The fourth-order valence-corrected chi connectivity index (χ4v) is 3.56. The molecular formula is C15H25NO2. The molecule has 1 heterocycles. The lowest BCUT2D eigenvalue weighted by Gasteiger charge is -2.28. The number of rotatable bonds is 5. The molecule has 0 spiro atoms. The van der Waals surface area contributed by atoms with Crippen LogP contribution in [-0.2, 0) is 4.79 Å². The van der Waals surface area contributed by atoms with Crippen LogP contribution in [0.4, 0.5) is 0 Å². The molecule has 0 aromatic heterocycles. The quantitative estimate of drug-likeness (QED) is 0.763. The standard InChI is InChI=1S/C15H25NO2/c1-2-12(15(17)18)9-11-16-10-5-8-14(16)13-6-3-4-7-13/h9,13-14H,2-8,10-11H2,1H3,(H,17,18). The zero-order valence-electron chi connectivity index (χ0n) is 11.4. The summed E-state index contributed by atoms with van der Waals surface area (Å²) in [7, 11) is 0. The maximum atomic E-state index is 11.0. The van der Waals surface area contributed by atoms with E-state index in [1.54, 1.807) is 0 Å². The van der Waals surface area contributed by atoms with Gasteiger partial charge in [0.1, 0.15) is 0 Å². The van der Waals surface area contributed by atoms with E-state index in [2.05, 4.69) is 4.90 Å². The zero-order valence-corrected chi connectivity index (χ0v) is 11.4. The Morgan fingerprint density at radius 1 is 1.28 bits per heavy atom. The van der Waals surface area contributed by atoms with E-state index in [-0.39, 0.29) is 0 Å². The van der Waals surface area contributed by atoms with Crippen molar-refractivity contribution in [3.8, 4) is 0 Å². The third-order valence-corrected chi connectivity index (χ3v) is 4.59. The third kappa shape index (κ3) is 3.14. The van der Waals surface area contributed by atoms with Crippen molar-refractivity contribution in [1.82, 2.24) is 4.90 Å².